The Morgan fingerprint density at radius 2 is 1.58 bits per heavy atom. The molecule has 1 aromatic heterocycles. The Bertz CT molecular complexity index is 740. The van der Waals surface area contributed by atoms with E-state index in [1.807, 2.05) is 12.1 Å². The first-order valence-corrected chi connectivity index (χ1v) is 8.70. The number of hydrogen-bond acceptors (Lipinski definition) is 5. The van der Waals surface area contributed by atoms with Crippen molar-refractivity contribution >= 4 is 22.5 Å². The van der Waals surface area contributed by atoms with Crippen molar-refractivity contribution in [2.75, 3.05) is 0 Å². The number of aromatic nitrogens is 2. The minimum Gasteiger partial charge on any atom is -0.507 e. The van der Waals surface area contributed by atoms with E-state index < -0.39 is 0 Å². The Labute approximate surface area is 147 Å². The molecule has 2 rings (SSSR count). The summed E-state index contributed by atoms with van der Waals surface area (Å²) in [5.41, 5.74) is 7.89. The maximum atomic E-state index is 10.8. The van der Waals surface area contributed by atoms with Crippen LogP contribution in [0.5, 0.6) is 5.75 Å². The van der Waals surface area contributed by atoms with Crippen LogP contribution in [0.4, 0.5) is 5.13 Å². The lowest BCUT2D eigenvalue weighted by atomic mass is 9.78. The van der Waals surface area contributed by atoms with Gasteiger partial charge in [0, 0.05) is 28.2 Å². The van der Waals surface area contributed by atoms with Crippen molar-refractivity contribution < 1.29 is 5.11 Å². The highest BCUT2D eigenvalue weighted by Crippen LogP contribution is 2.41. The van der Waals surface area contributed by atoms with Gasteiger partial charge in [-0.3, -0.25) is 0 Å². The molecule has 0 atom stereocenters. The van der Waals surface area contributed by atoms with E-state index in [1.54, 1.807) is 6.92 Å². The zero-order valence-electron chi connectivity index (χ0n) is 15.4. The van der Waals surface area contributed by atoms with Gasteiger partial charge in [-0.25, -0.2) is 4.99 Å². The summed E-state index contributed by atoms with van der Waals surface area (Å²) in [6.45, 7) is 14.2. The van der Waals surface area contributed by atoms with Gasteiger partial charge < -0.3 is 10.8 Å². The second-order valence-electron chi connectivity index (χ2n) is 8.07. The number of hydrogen-bond donors (Lipinski definition) is 2. The fourth-order valence-electron chi connectivity index (χ4n) is 2.44. The predicted octanol–water partition coefficient (Wildman–Crippen LogP) is 4.51. The van der Waals surface area contributed by atoms with Crippen LogP contribution in [-0.4, -0.2) is 20.3 Å². The third-order valence-electron chi connectivity index (χ3n) is 3.67. The molecule has 2 aromatic rings. The average Bonchev–Trinajstić information content (AvgIpc) is 2.83. The maximum Gasteiger partial charge on any atom is 0.230 e. The summed E-state index contributed by atoms with van der Waals surface area (Å²) in [6, 6.07) is 3.94. The van der Waals surface area contributed by atoms with Crippen molar-refractivity contribution in [1.29, 1.82) is 0 Å². The van der Waals surface area contributed by atoms with Gasteiger partial charge in [0.25, 0.3) is 0 Å². The van der Waals surface area contributed by atoms with Crippen molar-refractivity contribution in [2.45, 2.75) is 59.3 Å². The van der Waals surface area contributed by atoms with Gasteiger partial charge in [0.2, 0.25) is 5.13 Å². The van der Waals surface area contributed by atoms with Crippen LogP contribution in [0.15, 0.2) is 17.1 Å². The molecule has 130 valence electrons. The largest absolute Gasteiger partial charge is 0.507 e. The highest BCUT2D eigenvalue weighted by molar-refractivity contribution is 7.09. The van der Waals surface area contributed by atoms with Gasteiger partial charge >= 0.3 is 0 Å². The van der Waals surface area contributed by atoms with E-state index in [-0.39, 0.29) is 10.8 Å². The zero-order valence-corrected chi connectivity index (χ0v) is 16.2. The summed E-state index contributed by atoms with van der Waals surface area (Å²) in [5, 5.41) is 11.3. The number of rotatable bonds is 2. The minimum absolute atomic E-state index is 0.190. The molecule has 0 amide bonds. The zero-order chi connectivity index (χ0) is 18.3. The predicted molar refractivity (Wildman–Crippen MR) is 101 cm³/mol. The Morgan fingerprint density at radius 3 is 2.00 bits per heavy atom. The first-order chi connectivity index (χ1) is 10.9. The number of amidine groups is 1. The van der Waals surface area contributed by atoms with Gasteiger partial charge in [0.05, 0.1) is 5.84 Å². The normalized spacial score (nSPS) is 13.4. The van der Waals surface area contributed by atoms with Crippen molar-refractivity contribution in [3.8, 4) is 17.1 Å². The molecule has 0 aliphatic rings. The molecule has 0 radical (unpaired) electrons. The number of aliphatic imine (C=N–C) groups is 1. The molecule has 0 unspecified atom stereocenters. The lowest BCUT2D eigenvalue weighted by Gasteiger charge is -2.27. The summed E-state index contributed by atoms with van der Waals surface area (Å²) in [7, 11) is 0. The number of phenols is 1. The molecule has 0 aliphatic carbocycles. The van der Waals surface area contributed by atoms with Gasteiger partial charge in [-0.1, -0.05) is 41.5 Å². The number of nitrogens with two attached hydrogens (primary N) is 1. The van der Waals surface area contributed by atoms with E-state index in [0.29, 0.717) is 22.5 Å². The molecule has 0 saturated heterocycles. The van der Waals surface area contributed by atoms with Gasteiger partial charge in [0.15, 0.2) is 5.82 Å². The van der Waals surface area contributed by atoms with E-state index in [4.69, 9.17) is 5.73 Å². The number of aromatic hydroxyl groups is 1. The van der Waals surface area contributed by atoms with Crippen molar-refractivity contribution in [3.05, 3.63) is 23.3 Å². The number of phenolic OH excluding ortho intramolecular Hbond substituents is 1. The van der Waals surface area contributed by atoms with E-state index in [9.17, 15) is 5.11 Å². The summed E-state index contributed by atoms with van der Waals surface area (Å²) in [5.74, 6) is 1.41. The third-order valence-corrected chi connectivity index (χ3v) is 4.28. The molecule has 0 bridgehead atoms. The average molecular weight is 346 g/mol. The third kappa shape index (κ3) is 3.93. The summed E-state index contributed by atoms with van der Waals surface area (Å²) in [6.07, 6.45) is 0. The molecule has 1 heterocycles. The van der Waals surface area contributed by atoms with E-state index >= 15 is 0 Å². The summed E-state index contributed by atoms with van der Waals surface area (Å²) in [4.78, 5) is 8.61. The lowest BCUT2D eigenvalue weighted by molar-refractivity contribution is 0.423. The van der Waals surface area contributed by atoms with Crippen LogP contribution in [0.2, 0.25) is 0 Å². The second-order valence-corrected chi connectivity index (χ2v) is 8.80. The van der Waals surface area contributed by atoms with Crippen LogP contribution in [0.3, 0.4) is 0 Å². The van der Waals surface area contributed by atoms with E-state index in [0.717, 1.165) is 16.7 Å². The molecule has 3 N–H and O–H groups in total. The molecule has 0 aliphatic heterocycles. The second kappa shape index (κ2) is 6.16. The topological polar surface area (TPSA) is 84.4 Å². The molecule has 6 heteroatoms. The Morgan fingerprint density at radius 1 is 1.08 bits per heavy atom. The van der Waals surface area contributed by atoms with Gasteiger partial charge in [0.1, 0.15) is 5.75 Å². The SMILES string of the molecule is C/C(N)=N\c1nc(-c2cc(C(C)(C)C)c(O)c(C(C)(C)C)c2)ns1. The van der Waals surface area contributed by atoms with Crippen LogP contribution in [0.1, 0.15) is 59.6 Å². The maximum absolute atomic E-state index is 10.8. The number of benzene rings is 1. The highest BCUT2D eigenvalue weighted by atomic mass is 32.1. The molecule has 1 aromatic carbocycles. The lowest BCUT2D eigenvalue weighted by Crippen LogP contribution is -2.17. The summed E-state index contributed by atoms with van der Waals surface area (Å²) >= 11 is 1.21. The monoisotopic (exact) mass is 346 g/mol. The van der Waals surface area contributed by atoms with Crippen LogP contribution in [-0.2, 0) is 10.8 Å². The number of nitrogens with zero attached hydrogens (tertiary/aromatic N) is 3. The minimum atomic E-state index is -0.190. The highest BCUT2D eigenvalue weighted by Gasteiger charge is 2.27. The quantitative estimate of drug-likeness (QED) is 0.619. The molecular weight excluding hydrogens is 320 g/mol. The molecule has 0 spiro atoms. The standard InChI is InChI=1S/C18H26N4OS/c1-10(19)20-16-21-15(22-24-16)11-8-12(17(2,3)4)14(23)13(9-11)18(5,6)7/h8-9,23H,1-7H3,(H2,19,20,21,22). The van der Waals surface area contributed by atoms with Gasteiger partial charge in [-0.15, -0.1) is 0 Å². The van der Waals surface area contributed by atoms with Gasteiger partial charge in [-0.05, 0) is 29.9 Å². The van der Waals surface area contributed by atoms with Crippen LogP contribution in [0.25, 0.3) is 11.4 Å². The van der Waals surface area contributed by atoms with Crippen molar-refractivity contribution in [3.63, 3.8) is 0 Å². The Hall–Kier alpha value is -1.95. The van der Waals surface area contributed by atoms with E-state index in [1.165, 1.54) is 11.5 Å². The Balaban J connectivity index is 2.67. The van der Waals surface area contributed by atoms with Crippen molar-refractivity contribution in [2.24, 2.45) is 10.7 Å². The summed E-state index contributed by atoms with van der Waals surface area (Å²) < 4.78 is 4.40. The Kier molecular flexibility index (Phi) is 4.72. The molecule has 5 nitrogen and oxygen atoms in total. The van der Waals surface area contributed by atoms with Gasteiger partial charge in [-0.2, -0.15) is 9.36 Å². The fourth-order valence-corrected chi connectivity index (χ4v) is 3.06. The fraction of sp³-hybridized carbons (Fsp3) is 0.500. The van der Waals surface area contributed by atoms with E-state index in [2.05, 4.69) is 55.9 Å². The van der Waals surface area contributed by atoms with Crippen LogP contribution in [0, 0.1) is 0 Å². The van der Waals surface area contributed by atoms with Crippen molar-refractivity contribution in [1.82, 2.24) is 9.36 Å². The first kappa shape index (κ1) is 18.4. The molecule has 0 saturated carbocycles. The molecule has 0 fully saturated rings. The smallest absolute Gasteiger partial charge is 0.230 e. The van der Waals surface area contributed by atoms with Crippen LogP contribution < -0.4 is 5.73 Å². The first-order valence-electron chi connectivity index (χ1n) is 7.92. The van der Waals surface area contributed by atoms with Crippen LogP contribution >= 0.6 is 11.5 Å². The molecular formula is C18H26N4OS. The molecule has 24 heavy (non-hydrogen) atoms.